The van der Waals surface area contributed by atoms with Gasteiger partial charge in [-0.1, -0.05) is 54.6 Å². The van der Waals surface area contributed by atoms with Gasteiger partial charge in [-0.05, 0) is 104 Å². The molecule has 3 aromatic carbocycles. The maximum Gasteiger partial charge on any atom is 0.166 e. The molecule has 3 aromatic rings. The van der Waals surface area contributed by atoms with E-state index < -0.39 is 23.3 Å². The van der Waals surface area contributed by atoms with E-state index in [2.05, 4.69) is 12.7 Å². The molecule has 194 valence electrons. The standard InChI is InChI=1S/C33H34F4/c1-3-21-5-7-22(8-6-21)23-9-11-24(12-10-23)28-18-19-29(33(37)32(28)36)26-15-13-25(14-16-26)27-17-4-20(2)30(34)31(27)35/h3-4,13-19,21-24H,1,5-12H2,2H3. The quantitative estimate of drug-likeness (QED) is 0.239. The molecule has 2 aliphatic carbocycles. The van der Waals surface area contributed by atoms with Gasteiger partial charge in [-0.2, -0.15) is 0 Å². The van der Waals surface area contributed by atoms with Gasteiger partial charge >= 0.3 is 0 Å². The molecule has 0 N–H and O–H groups in total. The van der Waals surface area contributed by atoms with Crippen LogP contribution in [0.5, 0.6) is 0 Å². The van der Waals surface area contributed by atoms with Gasteiger partial charge in [-0.15, -0.1) is 6.58 Å². The summed E-state index contributed by atoms with van der Waals surface area (Å²) in [6.07, 6.45) is 11.0. The maximum absolute atomic E-state index is 15.3. The van der Waals surface area contributed by atoms with Crippen LogP contribution in [-0.4, -0.2) is 0 Å². The minimum Gasteiger partial charge on any atom is -0.203 e. The van der Waals surface area contributed by atoms with Crippen molar-refractivity contribution in [2.75, 3.05) is 0 Å². The van der Waals surface area contributed by atoms with Crippen molar-refractivity contribution in [3.05, 3.63) is 95.6 Å². The van der Waals surface area contributed by atoms with Crippen molar-refractivity contribution in [3.63, 3.8) is 0 Å². The average Bonchev–Trinajstić information content (AvgIpc) is 2.94. The fourth-order valence-corrected chi connectivity index (χ4v) is 6.55. The van der Waals surface area contributed by atoms with Crippen LogP contribution in [0.3, 0.4) is 0 Å². The summed E-state index contributed by atoms with van der Waals surface area (Å²) < 4.78 is 58.9. The minimum atomic E-state index is -0.909. The Balaban J connectivity index is 1.28. The lowest BCUT2D eigenvalue weighted by atomic mass is 9.68. The average molecular weight is 507 g/mol. The lowest BCUT2D eigenvalue weighted by Crippen LogP contribution is -2.25. The first kappa shape index (κ1) is 25.8. The number of halogens is 4. The number of hydrogen-bond acceptors (Lipinski definition) is 0. The molecule has 0 aliphatic heterocycles. The molecule has 0 nitrogen and oxygen atoms in total. The Labute approximate surface area is 217 Å². The molecular weight excluding hydrogens is 472 g/mol. The Hall–Kier alpha value is -2.88. The van der Waals surface area contributed by atoms with Crippen LogP contribution >= 0.6 is 0 Å². The summed E-state index contributed by atoms with van der Waals surface area (Å²) in [5.41, 5.74) is 2.01. The number of benzene rings is 3. The van der Waals surface area contributed by atoms with Crippen molar-refractivity contribution in [1.82, 2.24) is 0 Å². The lowest BCUT2D eigenvalue weighted by molar-refractivity contribution is 0.171. The van der Waals surface area contributed by atoms with Gasteiger partial charge < -0.3 is 0 Å². The summed E-state index contributed by atoms with van der Waals surface area (Å²) in [4.78, 5) is 0. The Bertz CT molecular complexity index is 1260. The summed E-state index contributed by atoms with van der Waals surface area (Å²) >= 11 is 0. The predicted molar refractivity (Wildman–Crippen MR) is 142 cm³/mol. The van der Waals surface area contributed by atoms with Gasteiger partial charge in [0.1, 0.15) is 0 Å². The highest BCUT2D eigenvalue weighted by Crippen LogP contribution is 2.45. The van der Waals surface area contributed by atoms with Crippen molar-refractivity contribution in [1.29, 1.82) is 0 Å². The normalized spacial score (nSPS) is 24.1. The molecule has 4 heteroatoms. The molecule has 37 heavy (non-hydrogen) atoms. The van der Waals surface area contributed by atoms with Crippen molar-refractivity contribution < 1.29 is 17.6 Å². The zero-order chi connectivity index (χ0) is 26.1. The van der Waals surface area contributed by atoms with Crippen LogP contribution in [0.1, 0.15) is 68.4 Å². The summed E-state index contributed by atoms with van der Waals surface area (Å²) in [7, 11) is 0. The second-order valence-electron chi connectivity index (χ2n) is 11.0. The molecule has 2 saturated carbocycles. The molecule has 0 spiro atoms. The van der Waals surface area contributed by atoms with E-state index in [0.29, 0.717) is 28.5 Å². The van der Waals surface area contributed by atoms with E-state index >= 15 is 8.78 Å². The van der Waals surface area contributed by atoms with E-state index in [9.17, 15) is 8.78 Å². The van der Waals surface area contributed by atoms with E-state index in [-0.39, 0.29) is 22.6 Å². The van der Waals surface area contributed by atoms with E-state index in [1.54, 1.807) is 36.4 Å². The molecule has 0 radical (unpaired) electrons. The number of allylic oxidation sites excluding steroid dienone is 1. The van der Waals surface area contributed by atoms with Gasteiger partial charge in [-0.25, -0.2) is 17.6 Å². The largest absolute Gasteiger partial charge is 0.203 e. The van der Waals surface area contributed by atoms with Gasteiger partial charge in [-0.3, -0.25) is 0 Å². The SMILES string of the molecule is C=CC1CCC(C2CCC(c3ccc(-c4ccc(-c5ccc(C)c(F)c5F)cc4)c(F)c3F)CC2)CC1. The predicted octanol–water partition coefficient (Wildman–Crippen LogP) is 10.2. The van der Waals surface area contributed by atoms with Crippen LogP contribution < -0.4 is 0 Å². The third kappa shape index (κ3) is 5.12. The van der Waals surface area contributed by atoms with Gasteiger partial charge in [0.2, 0.25) is 0 Å². The fraction of sp³-hybridized carbons (Fsp3) is 0.394. The molecule has 0 heterocycles. The Morgan fingerprint density at radius 2 is 1.08 bits per heavy atom. The Kier molecular flexibility index (Phi) is 7.55. The highest BCUT2D eigenvalue weighted by molar-refractivity contribution is 5.71. The zero-order valence-corrected chi connectivity index (χ0v) is 21.4. The molecule has 2 aliphatic rings. The van der Waals surface area contributed by atoms with Crippen LogP contribution in [0, 0.1) is 47.9 Å². The van der Waals surface area contributed by atoms with E-state index in [0.717, 1.165) is 31.6 Å². The minimum absolute atomic E-state index is 0.0473. The van der Waals surface area contributed by atoms with Gasteiger partial charge in [0.05, 0.1) is 0 Å². The third-order valence-corrected chi connectivity index (χ3v) is 8.92. The highest BCUT2D eigenvalue weighted by Gasteiger charge is 2.32. The van der Waals surface area contributed by atoms with Crippen LogP contribution in [0.25, 0.3) is 22.3 Å². The molecule has 5 rings (SSSR count). The van der Waals surface area contributed by atoms with Crippen LogP contribution in [-0.2, 0) is 0 Å². The molecule has 0 bridgehead atoms. The third-order valence-electron chi connectivity index (χ3n) is 8.92. The van der Waals surface area contributed by atoms with Crippen LogP contribution in [0.15, 0.2) is 61.2 Å². The van der Waals surface area contributed by atoms with Crippen LogP contribution in [0.4, 0.5) is 17.6 Å². The monoisotopic (exact) mass is 506 g/mol. The topological polar surface area (TPSA) is 0 Å². The van der Waals surface area contributed by atoms with Crippen molar-refractivity contribution in [2.24, 2.45) is 17.8 Å². The number of hydrogen-bond donors (Lipinski definition) is 0. The summed E-state index contributed by atoms with van der Waals surface area (Å²) in [5.74, 6) is -1.23. The number of aryl methyl sites for hydroxylation is 1. The summed E-state index contributed by atoms with van der Waals surface area (Å²) in [6.45, 7) is 5.45. The van der Waals surface area contributed by atoms with E-state index in [4.69, 9.17) is 0 Å². The first-order chi connectivity index (χ1) is 17.9. The van der Waals surface area contributed by atoms with Crippen molar-refractivity contribution in [2.45, 2.75) is 64.2 Å². The smallest absolute Gasteiger partial charge is 0.166 e. The molecule has 0 atom stereocenters. The van der Waals surface area contributed by atoms with Crippen LogP contribution in [0.2, 0.25) is 0 Å². The Morgan fingerprint density at radius 1 is 0.595 bits per heavy atom. The zero-order valence-electron chi connectivity index (χ0n) is 21.4. The van der Waals surface area contributed by atoms with E-state index in [1.807, 2.05) is 0 Å². The van der Waals surface area contributed by atoms with Gasteiger partial charge in [0.15, 0.2) is 23.3 Å². The van der Waals surface area contributed by atoms with Crippen molar-refractivity contribution in [3.8, 4) is 22.3 Å². The second-order valence-corrected chi connectivity index (χ2v) is 11.0. The maximum atomic E-state index is 15.3. The van der Waals surface area contributed by atoms with Gasteiger partial charge in [0.25, 0.3) is 0 Å². The molecule has 0 unspecified atom stereocenters. The summed E-state index contributed by atoms with van der Waals surface area (Å²) in [5, 5.41) is 0. The number of rotatable bonds is 5. The molecule has 0 amide bonds. The molecule has 0 aromatic heterocycles. The van der Waals surface area contributed by atoms with Gasteiger partial charge in [0, 0.05) is 11.1 Å². The van der Waals surface area contributed by atoms with Crippen molar-refractivity contribution >= 4 is 0 Å². The molecule has 0 saturated heterocycles. The lowest BCUT2D eigenvalue weighted by Gasteiger charge is -2.37. The summed E-state index contributed by atoms with van der Waals surface area (Å²) in [6, 6.07) is 12.9. The first-order valence-corrected chi connectivity index (χ1v) is 13.5. The molecular formula is C33H34F4. The highest BCUT2D eigenvalue weighted by atomic mass is 19.2. The fourth-order valence-electron chi connectivity index (χ4n) is 6.55. The molecule has 2 fully saturated rings. The van der Waals surface area contributed by atoms with E-state index in [1.165, 1.54) is 44.7 Å². The second kappa shape index (κ2) is 10.8. The Morgan fingerprint density at radius 3 is 1.62 bits per heavy atom. The first-order valence-electron chi connectivity index (χ1n) is 13.5.